The fourth-order valence-electron chi connectivity index (χ4n) is 2.26. The van der Waals surface area contributed by atoms with Crippen molar-refractivity contribution >= 4 is 28.0 Å². The summed E-state index contributed by atoms with van der Waals surface area (Å²) in [5.74, 6) is -4.16. The van der Waals surface area contributed by atoms with Crippen molar-refractivity contribution in [3.05, 3.63) is 46.5 Å². The zero-order valence-corrected chi connectivity index (χ0v) is 14.2. The second-order valence-corrected chi connectivity index (χ2v) is 6.35. The van der Waals surface area contributed by atoms with E-state index in [0.29, 0.717) is 11.3 Å². The molecule has 0 spiro atoms. The number of anilines is 1. The Morgan fingerprint density at radius 2 is 2.00 bits per heavy atom. The van der Waals surface area contributed by atoms with E-state index < -0.39 is 60.2 Å². The van der Waals surface area contributed by atoms with Crippen molar-refractivity contribution in [1.82, 2.24) is 0 Å². The standard InChI is InChI=1S/C17H16F2N2O4S/c1-8(20)15(23)21-16-12(9-7-24-5-6-25-17(9)26-16)14(22)13-10(18)3-2-4-11(13)19/h2-4,8H,5-7,20H2,1H3,(H,21,23)/t8-/m0/s1/i5D2,6D2. The molecule has 0 saturated carbocycles. The second-order valence-electron chi connectivity index (χ2n) is 5.37. The SMILES string of the molecule is [2H]C1([2H])OCc2c(sc(NC(=O)[C@H](C)N)c2C(=O)c2c(F)cccc2F)OC1([2H])[2H]. The highest BCUT2D eigenvalue weighted by Gasteiger charge is 2.31. The number of hydrogen-bond donors (Lipinski definition) is 2. The largest absolute Gasteiger partial charge is 0.481 e. The van der Waals surface area contributed by atoms with E-state index in [1.165, 1.54) is 6.92 Å². The summed E-state index contributed by atoms with van der Waals surface area (Å²) in [5, 5.41) is 1.90. The van der Waals surface area contributed by atoms with Gasteiger partial charge in [0, 0.05) is 5.56 Å². The molecule has 1 amide bonds. The molecule has 1 aliphatic rings. The highest BCUT2D eigenvalue weighted by Crippen LogP contribution is 2.42. The molecule has 1 atom stereocenters. The van der Waals surface area contributed by atoms with Crippen molar-refractivity contribution in [3.63, 3.8) is 0 Å². The number of hydrogen-bond acceptors (Lipinski definition) is 6. The molecule has 9 heteroatoms. The first-order valence-corrected chi connectivity index (χ1v) is 8.21. The summed E-state index contributed by atoms with van der Waals surface area (Å²) in [7, 11) is 0. The quantitative estimate of drug-likeness (QED) is 0.788. The van der Waals surface area contributed by atoms with Crippen molar-refractivity contribution in [3.8, 4) is 5.06 Å². The Morgan fingerprint density at radius 3 is 2.65 bits per heavy atom. The summed E-state index contributed by atoms with van der Waals surface area (Å²) in [4.78, 5) is 25.1. The van der Waals surface area contributed by atoms with Crippen LogP contribution in [0.25, 0.3) is 0 Å². The normalized spacial score (nSPS) is 20.9. The number of thiophene rings is 1. The molecule has 2 aromatic rings. The van der Waals surface area contributed by atoms with E-state index in [4.69, 9.17) is 20.7 Å². The number of nitrogens with one attached hydrogen (secondary N) is 1. The van der Waals surface area contributed by atoms with Crippen LogP contribution >= 0.6 is 11.3 Å². The van der Waals surface area contributed by atoms with Gasteiger partial charge < -0.3 is 20.5 Å². The number of rotatable bonds is 4. The van der Waals surface area contributed by atoms with Crippen LogP contribution in [0.4, 0.5) is 13.8 Å². The molecule has 138 valence electrons. The van der Waals surface area contributed by atoms with E-state index in [1.807, 2.05) is 0 Å². The summed E-state index contributed by atoms with van der Waals surface area (Å²) in [6.07, 6.45) is 0. The first-order chi connectivity index (χ1) is 13.9. The van der Waals surface area contributed by atoms with Gasteiger partial charge in [-0.2, -0.15) is 0 Å². The minimum absolute atomic E-state index is 0.155. The van der Waals surface area contributed by atoms with Crippen molar-refractivity contribution < 1.29 is 33.3 Å². The summed E-state index contributed by atoms with van der Waals surface area (Å²) < 4.78 is 69.4. The first kappa shape index (κ1) is 13.8. The van der Waals surface area contributed by atoms with Gasteiger partial charge in [-0.1, -0.05) is 17.4 Å². The van der Waals surface area contributed by atoms with Crippen molar-refractivity contribution in [2.45, 2.75) is 19.6 Å². The zero-order chi connectivity index (χ0) is 22.4. The maximum atomic E-state index is 14.2. The summed E-state index contributed by atoms with van der Waals surface area (Å²) in [6.45, 7) is -5.11. The van der Waals surface area contributed by atoms with Gasteiger partial charge >= 0.3 is 0 Å². The first-order valence-electron chi connectivity index (χ1n) is 9.39. The molecule has 0 radical (unpaired) electrons. The predicted octanol–water partition coefficient (Wildman–Crippen LogP) is 2.45. The summed E-state index contributed by atoms with van der Waals surface area (Å²) in [5.41, 5.74) is 4.06. The molecule has 1 aromatic heterocycles. The molecule has 3 rings (SSSR count). The van der Waals surface area contributed by atoms with E-state index in [2.05, 4.69) is 5.32 Å². The van der Waals surface area contributed by atoms with E-state index in [1.54, 1.807) is 0 Å². The van der Waals surface area contributed by atoms with Crippen molar-refractivity contribution in [2.75, 3.05) is 18.4 Å². The molecule has 0 saturated heterocycles. The summed E-state index contributed by atoms with van der Waals surface area (Å²) >= 11 is 0.597. The van der Waals surface area contributed by atoms with Crippen LogP contribution in [-0.4, -0.2) is 30.9 Å². The lowest BCUT2D eigenvalue weighted by atomic mass is 10.0. The van der Waals surface area contributed by atoms with E-state index in [-0.39, 0.29) is 15.6 Å². The Balaban J connectivity index is 2.19. The molecular weight excluding hydrogens is 366 g/mol. The van der Waals surface area contributed by atoms with Gasteiger partial charge in [0.1, 0.15) is 23.2 Å². The third-order valence-electron chi connectivity index (χ3n) is 3.51. The number of benzene rings is 1. The van der Waals surface area contributed by atoms with Crippen molar-refractivity contribution in [1.29, 1.82) is 0 Å². The predicted molar refractivity (Wildman–Crippen MR) is 91.5 cm³/mol. The molecule has 0 bridgehead atoms. The number of ether oxygens (including phenoxy) is 2. The Kier molecular flexibility index (Phi) is 3.97. The Bertz CT molecular complexity index is 1010. The van der Waals surface area contributed by atoms with Gasteiger partial charge in [0.15, 0.2) is 5.06 Å². The minimum atomic E-state index is -2.95. The maximum Gasteiger partial charge on any atom is 0.241 e. The van der Waals surface area contributed by atoms with Gasteiger partial charge in [0.25, 0.3) is 0 Å². The van der Waals surface area contributed by atoms with Crippen LogP contribution in [-0.2, 0) is 16.1 Å². The topological polar surface area (TPSA) is 90.6 Å². The molecule has 6 nitrogen and oxygen atoms in total. The highest BCUT2D eigenvalue weighted by molar-refractivity contribution is 7.18. The van der Waals surface area contributed by atoms with Crippen LogP contribution in [0.1, 0.15) is 33.9 Å². The van der Waals surface area contributed by atoms with Gasteiger partial charge in [-0.25, -0.2) is 8.78 Å². The van der Waals surface area contributed by atoms with Gasteiger partial charge in [-0.3, -0.25) is 9.59 Å². The van der Waals surface area contributed by atoms with E-state index >= 15 is 0 Å². The third-order valence-corrected chi connectivity index (χ3v) is 4.54. The molecule has 0 unspecified atom stereocenters. The Labute approximate surface area is 157 Å². The van der Waals surface area contributed by atoms with Crippen LogP contribution in [0.2, 0.25) is 0 Å². The monoisotopic (exact) mass is 386 g/mol. The molecule has 26 heavy (non-hydrogen) atoms. The number of carbonyl (C=O) groups is 2. The number of ketones is 1. The van der Waals surface area contributed by atoms with E-state index in [0.717, 1.165) is 18.2 Å². The number of nitrogens with two attached hydrogens (primary N) is 1. The number of amides is 1. The summed E-state index contributed by atoms with van der Waals surface area (Å²) in [6, 6.07) is 1.85. The fourth-order valence-corrected chi connectivity index (χ4v) is 3.28. The lowest BCUT2D eigenvalue weighted by Crippen LogP contribution is -2.32. The third kappa shape index (κ3) is 3.46. The zero-order valence-electron chi connectivity index (χ0n) is 17.4. The molecule has 2 heterocycles. The smallest absolute Gasteiger partial charge is 0.241 e. The molecular formula is C17H16F2N2O4S. The van der Waals surface area contributed by atoms with Crippen LogP contribution in [0, 0.1) is 11.6 Å². The number of halogens is 2. The van der Waals surface area contributed by atoms with Gasteiger partial charge in [-0.15, -0.1) is 0 Å². The van der Waals surface area contributed by atoms with E-state index in [9.17, 15) is 18.4 Å². The van der Waals surface area contributed by atoms with Gasteiger partial charge in [0.2, 0.25) is 11.7 Å². The van der Waals surface area contributed by atoms with Crippen LogP contribution < -0.4 is 15.8 Å². The van der Waals surface area contributed by atoms with Crippen LogP contribution in [0.3, 0.4) is 0 Å². The number of fused-ring (bicyclic) bond motifs is 1. The Hall–Kier alpha value is -2.36. The minimum Gasteiger partial charge on any atom is -0.481 e. The molecule has 0 aliphatic carbocycles. The Morgan fingerprint density at radius 1 is 1.31 bits per heavy atom. The van der Waals surface area contributed by atoms with Gasteiger partial charge in [-0.05, 0) is 19.1 Å². The molecule has 1 aliphatic heterocycles. The van der Waals surface area contributed by atoms with Gasteiger partial charge in [0.05, 0.1) is 35.8 Å². The second kappa shape index (κ2) is 7.48. The van der Waals surface area contributed by atoms with Crippen LogP contribution in [0.5, 0.6) is 5.06 Å². The molecule has 1 aromatic carbocycles. The lowest BCUT2D eigenvalue weighted by Gasteiger charge is -2.10. The lowest BCUT2D eigenvalue weighted by molar-refractivity contribution is -0.117. The average Bonchev–Trinajstić information content (AvgIpc) is 2.91. The highest BCUT2D eigenvalue weighted by atomic mass is 32.1. The number of carbonyl (C=O) groups excluding carboxylic acids is 2. The molecule has 3 N–H and O–H groups in total. The maximum absolute atomic E-state index is 14.2. The average molecular weight is 386 g/mol. The van der Waals surface area contributed by atoms with Crippen LogP contribution in [0.15, 0.2) is 18.2 Å². The molecule has 0 fully saturated rings. The fraction of sp³-hybridized carbons (Fsp3) is 0.294. The van der Waals surface area contributed by atoms with Crippen molar-refractivity contribution in [2.24, 2.45) is 5.73 Å².